The van der Waals surface area contributed by atoms with E-state index in [-0.39, 0.29) is 5.41 Å². The Kier molecular flexibility index (Phi) is 3.55. The molecule has 0 spiro atoms. The highest BCUT2D eigenvalue weighted by Crippen LogP contribution is 2.50. The second kappa shape index (κ2) is 5.78. The molecule has 138 valence electrons. The highest BCUT2D eigenvalue weighted by molar-refractivity contribution is 5.95. The maximum atomic E-state index is 2.44. The lowest BCUT2D eigenvalue weighted by Gasteiger charge is -2.22. The molecule has 0 radical (unpaired) electrons. The molecule has 28 heavy (non-hydrogen) atoms. The lowest BCUT2D eigenvalue weighted by atomic mass is 9.81. The lowest BCUT2D eigenvalue weighted by molar-refractivity contribution is -0.659. The van der Waals surface area contributed by atoms with E-state index in [4.69, 9.17) is 0 Å². The van der Waals surface area contributed by atoms with Crippen LogP contribution in [0.3, 0.4) is 0 Å². The van der Waals surface area contributed by atoms with Gasteiger partial charge in [-0.25, -0.2) is 4.57 Å². The maximum absolute atomic E-state index is 2.44. The number of aryl methyl sites for hydroxylation is 3. The molecule has 0 unspecified atom stereocenters. The highest BCUT2D eigenvalue weighted by atomic mass is 14.9. The van der Waals surface area contributed by atoms with E-state index in [1.165, 1.54) is 55.4 Å². The maximum Gasteiger partial charge on any atom is 0.220 e. The Balaban J connectivity index is 1.83. The fraction of sp³-hybridized carbons (Fsp3) is 0.222. The van der Waals surface area contributed by atoms with Crippen molar-refractivity contribution >= 4 is 10.8 Å². The van der Waals surface area contributed by atoms with Gasteiger partial charge in [0.15, 0.2) is 6.20 Å². The number of hydrogen-bond donors (Lipinski definition) is 0. The normalized spacial score (nSPS) is 14.2. The molecule has 0 saturated heterocycles. The van der Waals surface area contributed by atoms with E-state index >= 15 is 0 Å². The van der Waals surface area contributed by atoms with E-state index < -0.39 is 0 Å². The Morgan fingerprint density at radius 3 is 2.36 bits per heavy atom. The van der Waals surface area contributed by atoms with E-state index in [0.29, 0.717) is 0 Å². The molecule has 1 aliphatic rings. The van der Waals surface area contributed by atoms with Crippen molar-refractivity contribution in [3.8, 4) is 22.4 Å². The smallest absolute Gasteiger partial charge is 0.200 e. The number of hydrogen-bond acceptors (Lipinski definition) is 0. The van der Waals surface area contributed by atoms with Crippen molar-refractivity contribution in [3.05, 3.63) is 89.1 Å². The second-order valence-electron chi connectivity index (χ2n) is 8.75. The number of pyridine rings is 1. The van der Waals surface area contributed by atoms with Crippen LogP contribution in [0.15, 0.2) is 66.9 Å². The van der Waals surface area contributed by atoms with E-state index in [1.54, 1.807) is 0 Å². The Bertz CT molecular complexity index is 1260. The van der Waals surface area contributed by atoms with Crippen molar-refractivity contribution in [1.82, 2.24) is 0 Å². The predicted octanol–water partition coefficient (Wildman–Crippen LogP) is 6.25. The van der Waals surface area contributed by atoms with E-state index in [2.05, 4.69) is 106 Å². The quantitative estimate of drug-likeness (QED) is 0.351. The molecule has 0 aliphatic heterocycles. The summed E-state index contributed by atoms with van der Waals surface area (Å²) >= 11 is 0. The van der Waals surface area contributed by atoms with Crippen molar-refractivity contribution in [2.45, 2.75) is 33.1 Å². The van der Waals surface area contributed by atoms with Crippen LogP contribution in [0.5, 0.6) is 0 Å². The van der Waals surface area contributed by atoms with Gasteiger partial charge in [-0.3, -0.25) is 0 Å². The van der Waals surface area contributed by atoms with Crippen LogP contribution in [-0.4, -0.2) is 0 Å². The minimum absolute atomic E-state index is 0.0219. The molecule has 0 saturated carbocycles. The molecular weight excluding hydrogens is 338 g/mol. The molecule has 3 aromatic carbocycles. The Morgan fingerprint density at radius 1 is 0.750 bits per heavy atom. The number of aromatic nitrogens is 1. The zero-order valence-electron chi connectivity index (χ0n) is 17.3. The molecule has 0 bridgehead atoms. The van der Waals surface area contributed by atoms with Gasteiger partial charge in [-0.15, -0.1) is 0 Å². The number of fused-ring (bicyclic) bond motifs is 4. The molecule has 1 nitrogen and oxygen atoms in total. The molecule has 4 aromatic rings. The summed E-state index contributed by atoms with van der Waals surface area (Å²) in [7, 11) is 2.15. The zero-order chi connectivity index (χ0) is 19.6. The first kappa shape index (κ1) is 17.2. The van der Waals surface area contributed by atoms with Gasteiger partial charge in [0.05, 0.1) is 10.9 Å². The van der Waals surface area contributed by atoms with Gasteiger partial charge in [0.25, 0.3) is 0 Å². The third kappa shape index (κ3) is 2.29. The standard InChI is InChI=1S/C27H26N/c1-17-10-11-20-19(14-17)12-13-28(5)26(20)22-16-25-23(15-18(22)2)21-8-6-7-9-24(21)27(25,3)4/h6-16H,1-5H3/q+1. The van der Waals surface area contributed by atoms with Crippen LogP contribution in [0.2, 0.25) is 0 Å². The topological polar surface area (TPSA) is 3.88 Å². The first-order valence-corrected chi connectivity index (χ1v) is 10.0. The van der Waals surface area contributed by atoms with Crippen LogP contribution in [-0.2, 0) is 12.5 Å². The number of nitrogens with zero attached hydrogens (tertiary/aromatic N) is 1. The van der Waals surface area contributed by atoms with Gasteiger partial charge in [-0.2, -0.15) is 0 Å². The van der Waals surface area contributed by atoms with E-state index in [9.17, 15) is 0 Å². The summed E-state index contributed by atoms with van der Waals surface area (Å²) in [5.41, 5.74) is 10.9. The van der Waals surface area contributed by atoms with Crippen molar-refractivity contribution in [2.24, 2.45) is 7.05 Å². The van der Waals surface area contributed by atoms with Gasteiger partial charge >= 0.3 is 0 Å². The second-order valence-corrected chi connectivity index (χ2v) is 8.75. The molecule has 5 rings (SSSR count). The SMILES string of the molecule is Cc1ccc2c(-c3cc4c(cc3C)-c3ccccc3C4(C)C)[n+](C)ccc2c1. The molecule has 1 heteroatoms. The molecule has 0 N–H and O–H groups in total. The van der Waals surface area contributed by atoms with Crippen LogP contribution in [0.4, 0.5) is 0 Å². The van der Waals surface area contributed by atoms with Crippen LogP contribution in [0.25, 0.3) is 33.2 Å². The summed E-state index contributed by atoms with van der Waals surface area (Å²) in [5.74, 6) is 0. The van der Waals surface area contributed by atoms with Gasteiger partial charge in [0, 0.05) is 11.5 Å². The van der Waals surface area contributed by atoms with Crippen LogP contribution < -0.4 is 4.57 Å². The minimum atomic E-state index is 0.0219. The monoisotopic (exact) mass is 364 g/mol. The van der Waals surface area contributed by atoms with Crippen molar-refractivity contribution < 1.29 is 4.57 Å². The van der Waals surface area contributed by atoms with Crippen molar-refractivity contribution in [1.29, 1.82) is 0 Å². The summed E-state index contributed by atoms with van der Waals surface area (Å²) in [6.07, 6.45) is 2.18. The number of benzene rings is 3. The third-order valence-electron chi connectivity index (χ3n) is 6.48. The summed E-state index contributed by atoms with van der Waals surface area (Å²) in [6.45, 7) is 9.11. The molecule has 1 aliphatic carbocycles. The Labute approximate surface area is 167 Å². The molecule has 0 fully saturated rings. The average molecular weight is 365 g/mol. The molecule has 0 amide bonds. The van der Waals surface area contributed by atoms with E-state index in [1.807, 2.05) is 0 Å². The fourth-order valence-corrected chi connectivity index (χ4v) is 4.94. The molecule has 0 atom stereocenters. The first-order chi connectivity index (χ1) is 13.4. The first-order valence-electron chi connectivity index (χ1n) is 10.0. The van der Waals surface area contributed by atoms with Crippen molar-refractivity contribution in [3.63, 3.8) is 0 Å². The highest BCUT2D eigenvalue weighted by Gasteiger charge is 2.36. The summed E-state index contributed by atoms with van der Waals surface area (Å²) < 4.78 is 2.27. The van der Waals surface area contributed by atoms with E-state index in [0.717, 1.165) is 0 Å². The zero-order valence-corrected chi connectivity index (χ0v) is 17.3. The van der Waals surface area contributed by atoms with Gasteiger partial charge < -0.3 is 0 Å². The average Bonchev–Trinajstić information content (AvgIpc) is 2.89. The van der Waals surface area contributed by atoms with Gasteiger partial charge in [-0.1, -0.05) is 61.9 Å². The summed E-state index contributed by atoms with van der Waals surface area (Å²) in [4.78, 5) is 0. The number of rotatable bonds is 1. The fourth-order valence-electron chi connectivity index (χ4n) is 4.94. The molecular formula is C27H26N+. The lowest BCUT2D eigenvalue weighted by Crippen LogP contribution is -2.31. The van der Waals surface area contributed by atoms with Crippen LogP contribution >= 0.6 is 0 Å². The summed E-state index contributed by atoms with van der Waals surface area (Å²) in [5, 5.41) is 2.61. The minimum Gasteiger partial charge on any atom is -0.200 e. The Hall–Kier alpha value is -2.93. The van der Waals surface area contributed by atoms with Crippen LogP contribution in [0, 0.1) is 13.8 Å². The summed E-state index contributed by atoms with van der Waals surface area (Å²) in [6, 6.07) is 22.7. The predicted molar refractivity (Wildman–Crippen MR) is 118 cm³/mol. The van der Waals surface area contributed by atoms with Crippen molar-refractivity contribution in [2.75, 3.05) is 0 Å². The Morgan fingerprint density at radius 2 is 1.54 bits per heavy atom. The van der Waals surface area contributed by atoms with Gasteiger partial charge in [-0.05, 0) is 59.2 Å². The third-order valence-corrected chi connectivity index (χ3v) is 6.48. The molecule has 1 heterocycles. The van der Waals surface area contributed by atoms with Gasteiger partial charge in [0.1, 0.15) is 7.05 Å². The van der Waals surface area contributed by atoms with Crippen LogP contribution in [0.1, 0.15) is 36.1 Å². The molecule has 1 aromatic heterocycles. The largest absolute Gasteiger partial charge is 0.220 e. The van der Waals surface area contributed by atoms with Gasteiger partial charge in [0.2, 0.25) is 5.69 Å².